The summed E-state index contributed by atoms with van der Waals surface area (Å²) in [6.45, 7) is 6.34. The smallest absolute Gasteiger partial charge is 0.338 e. The van der Waals surface area contributed by atoms with Crippen LogP contribution in [0.5, 0.6) is 11.8 Å². The van der Waals surface area contributed by atoms with Crippen LogP contribution in [0.3, 0.4) is 0 Å². The van der Waals surface area contributed by atoms with E-state index in [2.05, 4.69) is 4.98 Å². The van der Waals surface area contributed by atoms with Gasteiger partial charge in [-0.25, -0.2) is 4.79 Å². The van der Waals surface area contributed by atoms with Gasteiger partial charge in [0, 0.05) is 11.6 Å². The molecule has 3 aromatic carbocycles. The van der Waals surface area contributed by atoms with E-state index in [-0.39, 0.29) is 5.97 Å². The summed E-state index contributed by atoms with van der Waals surface area (Å²) in [5.41, 5.74) is 3.73. The molecule has 0 aliphatic carbocycles. The first-order valence-corrected chi connectivity index (χ1v) is 11.6. The van der Waals surface area contributed by atoms with Gasteiger partial charge < -0.3 is 14.2 Å². The van der Waals surface area contributed by atoms with Crippen molar-refractivity contribution in [2.24, 2.45) is 0 Å². The maximum Gasteiger partial charge on any atom is 0.338 e. The van der Waals surface area contributed by atoms with Crippen LogP contribution in [0.4, 0.5) is 0 Å². The molecule has 1 heterocycles. The number of rotatable bonds is 8. The van der Waals surface area contributed by atoms with Crippen molar-refractivity contribution in [3.8, 4) is 22.9 Å². The third-order valence-electron chi connectivity index (χ3n) is 5.11. The molecular weight excluding hydrogens is 438 g/mol. The van der Waals surface area contributed by atoms with Gasteiger partial charge in [-0.2, -0.15) is 4.98 Å². The number of hydrogen-bond acceptors (Lipinski definition) is 5. The standard InChI is InChI=1S/C30H29NO4/c1-30(2,3)35-29(32)25-16-14-24(15-17-25)26-18-19-27(33-20-22-10-6-4-7-11-22)31-28(26)34-21-23-12-8-5-9-13-23/h4-19H,20-21H2,1-3H3. The SMILES string of the molecule is CC(C)(C)OC(=O)c1ccc(-c2ccc(OCc3ccccc3)nc2OCc2ccccc2)cc1. The second kappa shape index (κ2) is 10.9. The van der Waals surface area contributed by atoms with Gasteiger partial charge in [0.05, 0.1) is 5.56 Å². The summed E-state index contributed by atoms with van der Waals surface area (Å²) in [5.74, 6) is 0.586. The minimum atomic E-state index is -0.548. The van der Waals surface area contributed by atoms with E-state index in [0.717, 1.165) is 22.3 Å². The Morgan fingerprint density at radius 2 is 1.29 bits per heavy atom. The number of hydrogen-bond donors (Lipinski definition) is 0. The molecule has 5 nitrogen and oxygen atoms in total. The molecule has 0 N–H and O–H groups in total. The van der Waals surface area contributed by atoms with Crippen molar-refractivity contribution in [2.75, 3.05) is 0 Å². The zero-order chi connectivity index (χ0) is 24.7. The maximum absolute atomic E-state index is 12.4. The average Bonchev–Trinajstić information content (AvgIpc) is 2.86. The molecular formula is C30H29NO4. The van der Waals surface area contributed by atoms with Crippen LogP contribution in [0.2, 0.25) is 0 Å². The molecule has 178 valence electrons. The first-order chi connectivity index (χ1) is 16.9. The first kappa shape index (κ1) is 24.0. The molecule has 35 heavy (non-hydrogen) atoms. The van der Waals surface area contributed by atoms with Gasteiger partial charge in [0.2, 0.25) is 11.8 Å². The Labute approximate surface area is 206 Å². The highest BCUT2D eigenvalue weighted by Crippen LogP contribution is 2.32. The predicted molar refractivity (Wildman–Crippen MR) is 136 cm³/mol. The highest BCUT2D eigenvalue weighted by molar-refractivity contribution is 5.90. The van der Waals surface area contributed by atoms with Crippen LogP contribution >= 0.6 is 0 Å². The fourth-order valence-corrected chi connectivity index (χ4v) is 3.41. The number of ether oxygens (including phenoxy) is 3. The molecule has 0 saturated carbocycles. The van der Waals surface area contributed by atoms with E-state index in [1.807, 2.05) is 106 Å². The van der Waals surface area contributed by atoms with Gasteiger partial charge in [-0.05, 0) is 55.7 Å². The Morgan fingerprint density at radius 1 is 0.714 bits per heavy atom. The Bertz CT molecular complexity index is 1250. The zero-order valence-electron chi connectivity index (χ0n) is 20.2. The van der Waals surface area contributed by atoms with Crippen LogP contribution in [0.25, 0.3) is 11.1 Å². The first-order valence-electron chi connectivity index (χ1n) is 11.6. The summed E-state index contributed by atoms with van der Waals surface area (Å²) < 4.78 is 17.5. The number of esters is 1. The molecule has 0 aliphatic heterocycles. The largest absolute Gasteiger partial charge is 0.473 e. The van der Waals surface area contributed by atoms with Gasteiger partial charge in [0.1, 0.15) is 18.8 Å². The van der Waals surface area contributed by atoms with E-state index < -0.39 is 5.60 Å². The summed E-state index contributed by atoms with van der Waals surface area (Å²) in [4.78, 5) is 17.0. The monoisotopic (exact) mass is 467 g/mol. The van der Waals surface area contributed by atoms with E-state index in [1.165, 1.54) is 0 Å². The molecule has 4 aromatic rings. The molecule has 1 aromatic heterocycles. The Hall–Kier alpha value is -4.12. The number of carbonyl (C=O) groups is 1. The molecule has 0 amide bonds. The molecule has 4 rings (SSSR count). The van der Waals surface area contributed by atoms with E-state index in [0.29, 0.717) is 30.5 Å². The van der Waals surface area contributed by atoms with Crippen LogP contribution in [-0.4, -0.2) is 16.6 Å². The normalized spacial score (nSPS) is 11.1. The van der Waals surface area contributed by atoms with Crippen LogP contribution in [0.15, 0.2) is 97.1 Å². The van der Waals surface area contributed by atoms with Crippen molar-refractivity contribution in [1.82, 2.24) is 4.98 Å². The van der Waals surface area contributed by atoms with E-state index >= 15 is 0 Å². The lowest BCUT2D eigenvalue weighted by atomic mass is 10.0. The van der Waals surface area contributed by atoms with Gasteiger partial charge >= 0.3 is 5.97 Å². The molecule has 0 fully saturated rings. The zero-order valence-corrected chi connectivity index (χ0v) is 20.2. The minimum Gasteiger partial charge on any atom is -0.473 e. The highest BCUT2D eigenvalue weighted by atomic mass is 16.6. The molecule has 0 spiro atoms. The number of nitrogens with zero attached hydrogens (tertiary/aromatic N) is 1. The van der Waals surface area contributed by atoms with Crippen molar-refractivity contribution in [3.63, 3.8) is 0 Å². The molecule has 0 saturated heterocycles. The van der Waals surface area contributed by atoms with Crippen LogP contribution < -0.4 is 9.47 Å². The molecule has 0 radical (unpaired) electrons. The average molecular weight is 468 g/mol. The summed E-state index contributed by atoms with van der Waals surface area (Å²) in [6.07, 6.45) is 0. The number of aromatic nitrogens is 1. The number of benzene rings is 3. The Morgan fingerprint density at radius 3 is 1.86 bits per heavy atom. The molecule has 0 aliphatic rings. The second-order valence-corrected chi connectivity index (χ2v) is 9.13. The maximum atomic E-state index is 12.4. The van der Waals surface area contributed by atoms with Crippen molar-refractivity contribution in [3.05, 3.63) is 114 Å². The van der Waals surface area contributed by atoms with Crippen molar-refractivity contribution < 1.29 is 19.0 Å². The summed E-state index contributed by atoms with van der Waals surface area (Å²) in [5, 5.41) is 0. The van der Waals surface area contributed by atoms with Crippen molar-refractivity contribution in [2.45, 2.75) is 39.6 Å². The van der Waals surface area contributed by atoms with E-state index in [4.69, 9.17) is 14.2 Å². The van der Waals surface area contributed by atoms with E-state index in [9.17, 15) is 4.79 Å². The van der Waals surface area contributed by atoms with Crippen LogP contribution in [0, 0.1) is 0 Å². The molecule has 0 atom stereocenters. The minimum absolute atomic E-state index is 0.354. The number of carbonyl (C=O) groups excluding carboxylic acids is 1. The van der Waals surface area contributed by atoms with Gasteiger partial charge in [0.25, 0.3) is 0 Å². The fourth-order valence-electron chi connectivity index (χ4n) is 3.41. The van der Waals surface area contributed by atoms with Crippen molar-refractivity contribution in [1.29, 1.82) is 0 Å². The van der Waals surface area contributed by atoms with Gasteiger partial charge in [-0.1, -0.05) is 72.8 Å². The van der Waals surface area contributed by atoms with Gasteiger partial charge in [0.15, 0.2) is 0 Å². The lowest BCUT2D eigenvalue weighted by Gasteiger charge is -2.19. The number of pyridine rings is 1. The Kier molecular flexibility index (Phi) is 7.46. The molecule has 0 bridgehead atoms. The summed E-state index contributed by atoms with van der Waals surface area (Å²) in [7, 11) is 0. The summed E-state index contributed by atoms with van der Waals surface area (Å²) in [6, 6.07) is 30.9. The Balaban J connectivity index is 1.57. The van der Waals surface area contributed by atoms with E-state index in [1.54, 1.807) is 12.1 Å². The lowest BCUT2D eigenvalue weighted by molar-refractivity contribution is 0.00695. The van der Waals surface area contributed by atoms with Crippen molar-refractivity contribution >= 4 is 5.97 Å². The second-order valence-electron chi connectivity index (χ2n) is 9.13. The quantitative estimate of drug-likeness (QED) is 0.265. The van der Waals surface area contributed by atoms with Gasteiger partial charge in [-0.3, -0.25) is 0 Å². The molecule has 0 unspecified atom stereocenters. The third-order valence-corrected chi connectivity index (χ3v) is 5.11. The topological polar surface area (TPSA) is 57.7 Å². The molecule has 5 heteroatoms. The summed E-state index contributed by atoms with van der Waals surface area (Å²) >= 11 is 0. The van der Waals surface area contributed by atoms with Gasteiger partial charge in [-0.15, -0.1) is 0 Å². The third kappa shape index (κ3) is 6.93. The lowest BCUT2D eigenvalue weighted by Crippen LogP contribution is -2.23. The fraction of sp³-hybridized carbons (Fsp3) is 0.200. The highest BCUT2D eigenvalue weighted by Gasteiger charge is 2.18. The predicted octanol–water partition coefficient (Wildman–Crippen LogP) is 6.86. The van der Waals surface area contributed by atoms with Crippen LogP contribution in [-0.2, 0) is 18.0 Å². The van der Waals surface area contributed by atoms with Crippen LogP contribution in [0.1, 0.15) is 42.3 Å².